The summed E-state index contributed by atoms with van der Waals surface area (Å²) in [5.41, 5.74) is 3.21. The highest BCUT2D eigenvalue weighted by atomic mass is 16.1. The van der Waals surface area contributed by atoms with Crippen molar-refractivity contribution in [3.8, 4) is 0 Å². The van der Waals surface area contributed by atoms with Crippen molar-refractivity contribution in [3.05, 3.63) is 34.9 Å². The first-order valence-corrected chi connectivity index (χ1v) is 5.15. The van der Waals surface area contributed by atoms with Crippen molar-refractivity contribution >= 4 is 6.29 Å². The second kappa shape index (κ2) is 4.41. The smallest absolute Gasteiger partial charge is 0.150 e. The number of hydrogen-bond donors (Lipinski definition) is 0. The summed E-state index contributed by atoms with van der Waals surface area (Å²) in [7, 11) is 0. The molecule has 1 aromatic rings. The van der Waals surface area contributed by atoms with Gasteiger partial charge in [-0.3, -0.25) is 4.79 Å². The van der Waals surface area contributed by atoms with Crippen molar-refractivity contribution < 1.29 is 4.79 Å². The Morgan fingerprint density at radius 2 is 1.71 bits per heavy atom. The second-order valence-corrected chi connectivity index (χ2v) is 4.32. The highest BCUT2D eigenvalue weighted by Gasteiger charge is 2.08. The van der Waals surface area contributed by atoms with Gasteiger partial charge < -0.3 is 0 Å². The molecule has 0 aromatic heterocycles. The van der Waals surface area contributed by atoms with Crippen LogP contribution in [0, 0.1) is 0 Å². The number of rotatable bonds is 3. The fourth-order valence-corrected chi connectivity index (χ4v) is 1.58. The van der Waals surface area contributed by atoms with E-state index in [0.29, 0.717) is 11.8 Å². The Labute approximate surface area is 86.1 Å². The minimum atomic E-state index is 0.413. The van der Waals surface area contributed by atoms with Crippen LogP contribution in [0.4, 0.5) is 0 Å². The first kappa shape index (κ1) is 11.0. The van der Waals surface area contributed by atoms with Crippen molar-refractivity contribution in [3.63, 3.8) is 0 Å². The lowest BCUT2D eigenvalue weighted by molar-refractivity contribution is 0.112. The highest BCUT2D eigenvalue weighted by molar-refractivity contribution is 5.78. The van der Waals surface area contributed by atoms with E-state index in [4.69, 9.17) is 0 Å². The van der Waals surface area contributed by atoms with Crippen LogP contribution in [0.5, 0.6) is 0 Å². The molecule has 0 atom stereocenters. The summed E-state index contributed by atoms with van der Waals surface area (Å²) >= 11 is 0. The molecule has 0 bridgehead atoms. The molecule has 0 unspecified atom stereocenters. The van der Waals surface area contributed by atoms with Crippen LogP contribution in [0.15, 0.2) is 18.2 Å². The topological polar surface area (TPSA) is 17.1 Å². The van der Waals surface area contributed by atoms with E-state index in [0.717, 1.165) is 17.4 Å². The van der Waals surface area contributed by atoms with E-state index >= 15 is 0 Å². The summed E-state index contributed by atoms with van der Waals surface area (Å²) in [4.78, 5) is 10.9. The Balaban J connectivity index is 3.18. The predicted octanol–water partition coefficient (Wildman–Crippen LogP) is 3.75. The van der Waals surface area contributed by atoms with Crippen molar-refractivity contribution in [2.75, 3.05) is 0 Å². The number of benzene rings is 1. The van der Waals surface area contributed by atoms with E-state index in [1.807, 2.05) is 6.07 Å². The van der Waals surface area contributed by atoms with Gasteiger partial charge in [0.05, 0.1) is 0 Å². The number of carbonyl (C=O) groups is 1. The maximum Gasteiger partial charge on any atom is 0.150 e. The molecule has 14 heavy (non-hydrogen) atoms. The van der Waals surface area contributed by atoms with E-state index in [2.05, 4.69) is 39.8 Å². The molecule has 0 N–H and O–H groups in total. The van der Waals surface area contributed by atoms with Crippen molar-refractivity contribution in [1.29, 1.82) is 0 Å². The van der Waals surface area contributed by atoms with Crippen LogP contribution in [0.1, 0.15) is 61.0 Å². The number of hydrogen-bond acceptors (Lipinski definition) is 1. The average Bonchev–Trinajstić information content (AvgIpc) is 2.16. The van der Waals surface area contributed by atoms with Gasteiger partial charge in [-0.25, -0.2) is 0 Å². The normalized spacial score (nSPS) is 11.0. The Hall–Kier alpha value is -1.11. The van der Waals surface area contributed by atoms with Gasteiger partial charge in [-0.1, -0.05) is 39.8 Å². The van der Waals surface area contributed by atoms with Crippen LogP contribution >= 0.6 is 0 Å². The molecule has 0 aliphatic carbocycles. The largest absolute Gasteiger partial charge is 0.298 e. The van der Waals surface area contributed by atoms with Gasteiger partial charge in [0.1, 0.15) is 6.29 Å². The summed E-state index contributed by atoms with van der Waals surface area (Å²) in [6, 6.07) is 6.20. The minimum Gasteiger partial charge on any atom is -0.298 e. The molecule has 1 heteroatoms. The van der Waals surface area contributed by atoms with Crippen molar-refractivity contribution in [2.24, 2.45) is 0 Å². The predicted molar refractivity (Wildman–Crippen MR) is 60.0 cm³/mol. The quantitative estimate of drug-likeness (QED) is 0.663. The maximum atomic E-state index is 10.9. The molecule has 0 amide bonds. The molecule has 0 saturated heterocycles. The number of carbonyl (C=O) groups excluding carboxylic acids is 1. The monoisotopic (exact) mass is 190 g/mol. The Kier molecular flexibility index (Phi) is 3.45. The van der Waals surface area contributed by atoms with E-state index in [1.54, 1.807) is 0 Å². The van der Waals surface area contributed by atoms with Crippen LogP contribution in [-0.2, 0) is 0 Å². The van der Waals surface area contributed by atoms with E-state index in [9.17, 15) is 4.79 Å². The lowest BCUT2D eigenvalue weighted by Crippen LogP contribution is -1.98. The second-order valence-electron chi connectivity index (χ2n) is 4.32. The SMILES string of the molecule is CC(C)c1ccc(C(C)C)c(C=O)c1. The standard InChI is InChI=1S/C13H18O/c1-9(2)11-5-6-13(10(3)4)12(7-11)8-14/h5-10H,1-4H3. The van der Waals surface area contributed by atoms with E-state index < -0.39 is 0 Å². The van der Waals surface area contributed by atoms with Gasteiger partial charge in [-0.2, -0.15) is 0 Å². The van der Waals surface area contributed by atoms with Crippen LogP contribution in [0.25, 0.3) is 0 Å². The third-order valence-electron chi connectivity index (χ3n) is 2.53. The lowest BCUT2D eigenvalue weighted by Gasteiger charge is -2.12. The molecule has 0 aliphatic heterocycles. The molecule has 1 aromatic carbocycles. The van der Waals surface area contributed by atoms with Gasteiger partial charge in [0.2, 0.25) is 0 Å². The van der Waals surface area contributed by atoms with Gasteiger partial charge in [-0.05, 0) is 29.0 Å². The molecule has 1 rings (SSSR count). The zero-order valence-corrected chi connectivity index (χ0v) is 9.37. The molecule has 0 saturated carbocycles. The molecule has 0 aliphatic rings. The maximum absolute atomic E-state index is 10.9. The fourth-order valence-electron chi connectivity index (χ4n) is 1.58. The molecule has 0 spiro atoms. The van der Waals surface area contributed by atoms with Crippen molar-refractivity contribution in [1.82, 2.24) is 0 Å². The Bertz CT molecular complexity index is 324. The summed E-state index contributed by atoms with van der Waals surface area (Å²) in [6.45, 7) is 8.49. The number of aldehydes is 1. The van der Waals surface area contributed by atoms with Crippen LogP contribution in [0.3, 0.4) is 0 Å². The van der Waals surface area contributed by atoms with Gasteiger partial charge >= 0.3 is 0 Å². The molecule has 1 nitrogen and oxygen atoms in total. The molecular weight excluding hydrogens is 172 g/mol. The van der Waals surface area contributed by atoms with E-state index in [-0.39, 0.29) is 0 Å². The third-order valence-corrected chi connectivity index (χ3v) is 2.53. The van der Waals surface area contributed by atoms with E-state index in [1.165, 1.54) is 5.56 Å². The van der Waals surface area contributed by atoms with Crippen LogP contribution < -0.4 is 0 Å². The molecule has 76 valence electrons. The summed E-state index contributed by atoms with van der Waals surface area (Å²) in [5.74, 6) is 0.895. The lowest BCUT2D eigenvalue weighted by atomic mass is 9.93. The highest BCUT2D eigenvalue weighted by Crippen LogP contribution is 2.23. The molecule has 0 heterocycles. The van der Waals surface area contributed by atoms with Crippen molar-refractivity contribution in [2.45, 2.75) is 39.5 Å². The molecular formula is C13H18O. The fraction of sp³-hybridized carbons (Fsp3) is 0.462. The third kappa shape index (κ3) is 2.22. The average molecular weight is 190 g/mol. The Morgan fingerprint density at radius 1 is 1.07 bits per heavy atom. The van der Waals surface area contributed by atoms with Gasteiger partial charge in [0.15, 0.2) is 0 Å². The summed E-state index contributed by atoms with van der Waals surface area (Å²) < 4.78 is 0. The first-order valence-electron chi connectivity index (χ1n) is 5.15. The first-order chi connectivity index (χ1) is 6.56. The molecule has 0 radical (unpaired) electrons. The zero-order valence-electron chi connectivity index (χ0n) is 9.37. The van der Waals surface area contributed by atoms with Gasteiger partial charge in [0, 0.05) is 5.56 Å². The molecule has 0 fully saturated rings. The zero-order chi connectivity index (χ0) is 10.7. The van der Waals surface area contributed by atoms with Crippen LogP contribution in [-0.4, -0.2) is 6.29 Å². The van der Waals surface area contributed by atoms with Crippen LogP contribution in [0.2, 0.25) is 0 Å². The Morgan fingerprint density at radius 3 is 2.14 bits per heavy atom. The summed E-state index contributed by atoms with van der Waals surface area (Å²) in [5, 5.41) is 0. The van der Waals surface area contributed by atoms with Gasteiger partial charge in [-0.15, -0.1) is 0 Å². The minimum absolute atomic E-state index is 0.413. The van der Waals surface area contributed by atoms with Gasteiger partial charge in [0.25, 0.3) is 0 Å². The summed E-state index contributed by atoms with van der Waals surface area (Å²) in [6.07, 6.45) is 0.960.